The van der Waals surface area contributed by atoms with Gasteiger partial charge in [0.2, 0.25) is 0 Å². The van der Waals surface area contributed by atoms with E-state index in [1.807, 2.05) is 0 Å². The molecule has 0 aliphatic heterocycles. The van der Waals surface area contributed by atoms with Crippen LogP contribution in [0, 0.1) is 5.82 Å². The first kappa shape index (κ1) is 13.8. The lowest BCUT2D eigenvalue weighted by atomic mass is 10.1. The normalized spacial score (nSPS) is 13.3. The number of anilines is 1. The van der Waals surface area contributed by atoms with Gasteiger partial charge in [0.25, 0.3) is 0 Å². The van der Waals surface area contributed by atoms with Gasteiger partial charge in [-0.25, -0.2) is 9.37 Å². The van der Waals surface area contributed by atoms with Gasteiger partial charge in [0.1, 0.15) is 5.82 Å². The molecule has 2 aromatic rings. The van der Waals surface area contributed by atoms with Crippen molar-refractivity contribution in [3.8, 4) is 0 Å². The van der Waals surface area contributed by atoms with E-state index in [2.05, 4.69) is 10.3 Å². The summed E-state index contributed by atoms with van der Waals surface area (Å²) in [5.41, 5.74) is 1.19. The molecule has 1 N–H and O–H groups in total. The van der Waals surface area contributed by atoms with Gasteiger partial charge in [-0.05, 0) is 25.1 Å². The fourth-order valence-electron chi connectivity index (χ4n) is 1.56. The van der Waals surface area contributed by atoms with Crippen LogP contribution in [0.5, 0.6) is 0 Å². The third-order valence-electron chi connectivity index (χ3n) is 2.56. The van der Waals surface area contributed by atoms with Crippen LogP contribution in [0.1, 0.15) is 24.2 Å². The second-order valence-corrected chi connectivity index (χ2v) is 4.69. The van der Waals surface area contributed by atoms with Crippen molar-refractivity contribution in [3.63, 3.8) is 0 Å². The quantitative estimate of drug-likeness (QED) is 0.843. The highest BCUT2D eigenvalue weighted by molar-refractivity contribution is 7.07. The molecule has 0 spiro atoms. The number of halogens is 4. The Labute approximate surface area is 111 Å². The summed E-state index contributed by atoms with van der Waals surface area (Å²) in [6.07, 6.45) is -4.49. The molecular weight excluding hydrogens is 280 g/mol. The molecule has 19 heavy (non-hydrogen) atoms. The van der Waals surface area contributed by atoms with Crippen molar-refractivity contribution in [2.45, 2.75) is 19.1 Å². The second-order valence-electron chi connectivity index (χ2n) is 3.97. The van der Waals surface area contributed by atoms with E-state index in [0.29, 0.717) is 11.8 Å². The van der Waals surface area contributed by atoms with E-state index in [1.165, 1.54) is 11.3 Å². The second kappa shape index (κ2) is 5.16. The van der Waals surface area contributed by atoms with Crippen molar-refractivity contribution < 1.29 is 17.6 Å². The zero-order valence-electron chi connectivity index (χ0n) is 9.83. The van der Waals surface area contributed by atoms with Crippen LogP contribution in [0.15, 0.2) is 29.1 Å². The van der Waals surface area contributed by atoms with Gasteiger partial charge in [-0.2, -0.15) is 13.2 Å². The molecule has 2 nitrogen and oxygen atoms in total. The fourth-order valence-corrected chi connectivity index (χ4v) is 2.20. The SMILES string of the molecule is CC(Nc1cc(C(F)(F)F)ccc1F)c1cscn1. The Bertz CT molecular complexity index is 551. The van der Waals surface area contributed by atoms with Crippen LogP contribution < -0.4 is 5.32 Å². The molecule has 102 valence electrons. The number of rotatable bonds is 3. The van der Waals surface area contributed by atoms with Crippen LogP contribution in [0.2, 0.25) is 0 Å². The van der Waals surface area contributed by atoms with E-state index in [1.54, 1.807) is 17.8 Å². The highest BCUT2D eigenvalue weighted by atomic mass is 32.1. The first-order chi connectivity index (χ1) is 8.88. The maximum absolute atomic E-state index is 13.5. The number of nitrogens with zero attached hydrogens (tertiary/aromatic N) is 1. The monoisotopic (exact) mass is 290 g/mol. The Morgan fingerprint density at radius 3 is 2.63 bits per heavy atom. The molecule has 2 rings (SSSR count). The number of thiazole rings is 1. The average molecular weight is 290 g/mol. The zero-order chi connectivity index (χ0) is 14.0. The molecule has 7 heteroatoms. The van der Waals surface area contributed by atoms with Gasteiger partial charge in [-0.1, -0.05) is 0 Å². The molecule has 1 heterocycles. The van der Waals surface area contributed by atoms with Crippen LogP contribution in [0.4, 0.5) is 23.2 Å². The molecule has 1 atom stereocenters. The van der Waals surface area contributed by atoms with Gasteiger partial charge in [-0.3, -0.25) is 0 Å². The molecule has 0 bridgehead atoms. The molecule has 0 saturated heterocycles. The third-order valence-corrected chi connectivity index (χ3v) is 3.17. The van der Waals surface area contributed by atoms with Gasteiger partial charge in [0.15, 0.2) is 0 Å². The maximum atomic E-state index is 13.5. The molecule has 1 aromatic carbocycles. The molecule has 1 unspecified atom stereocenters. The topological polar surface area (TPSA) is 24.9 Å². The number of hydrogen-bond acceptors (Lipinski definition) is 3. The average Bonchev–Trinajstić information content (AvgIpc) is 2.84. The Balaban J connectivity index is 2.25. The van der Waals surface area contributed by atoms with Crippen LogP contribution in [-0.4, -0.2) is 4.98 Å². The lowest BCUT2D eigenvalue weighted by Gasteiger charge is -2.15. The van der Waals surface area contributed by atoms with Crippen LogP contribution in [0.25, 0.3) is 0 Å². The van der Waals surface area contributed by atoms with Crippen LogP contribution in [0.3, 0.4) is 0 Å². The summed E-state index contributed by atoms with van der Waals surface area (Å²) in [6.45, 7) is 1.70. The third kappa shape index (κ3) is 3.23. The van der Waals surface area contributed by atoms with Gasteiger partial charge in [-0.15, -0.1) is 11.3 Å². The largest absolute Gasteiger partial charge is 0.416 e. The lowest BCUT2D eigenvalue weighted by Crippen LogP contribution is -2.11. The van der Waals surface area contributed by atoms with E-state index in [4.69, 9.17) is 0 Å². The molecule has 0 amide bonds. The van der Waals surface area contributed by atoms with Gasteiger partial charge in [0.05, 0.1) is 28.5 Å². The molecular formula is C12H10F4N2S. The number of aromatic nitrogens is 1. The van der Waals surface area contributed by atoms with Crippen molar-refractivity contribution in [2.75, 3.05) is 5.32 Å². The number of alkyl halides is 3. The lowest BCUT2D eigenvalue weighted by molar-refractivity contribution is -0.137. The van der Waals surface area contributed by atoms with Crippen LogP contribution in [-0.2, 0) is 6.18 Å². The molecule has 1 aromatic heterocycles. The number of hydrogen-bond donors (Lipinski definition) is 1. The Morgan fingerprint density at radius 2 is 2.05 bits per heavy atom. The minimum absolute atomic E-state index is 0.185. The first-order valence-electron chi connectivity index (χ1n) is 5.39. The summed E-state index contributed by atoms with van der Waals surface area (Å²) >= 11 is 1.37. The van der Waals surface area contributed by atoms with Gasteiger partial charge < -0.3 is 5.32 Å². The Kier molecular flexibility index (Phi) is 3.75. The van der Waals surface area contributed by atoms with Crippen molar-refractivity contribution >= 4 is 17.0 Å². The summed E-state index contributed by atoms with van der Waals surface area (Å²) in [4.78, 5) is 4.02. The van der Waals surface area contributed by atoms with Crippen molar-refractivity contribution in [3.05, 3.63) is 46.2 Å². The standard InChI is InChI=1S/C12H10F4N2S/c1-7(11-5-19-6-17-11)18-10-4-8(12(14,15)16)2-3-9(10)13/h2-7,18H,1H3. The fraction of sp³-hybridized carbons (Fsp3) is 0.250. The summed E-state index contributed by atoms with van der Waals surface area (Å²) in [6, 6.07) is 1.91. The Hall–Kier alpha value is -1.63. The summed E-state index contributed by atoms with van der Waals surface area (Å²) in [5.74, 6) is -0.727. The summed E-state index contributed by atoms with van der Waals surface area (Å²) in [5, 5.41) is 4.45. The summed E-state index contributed by atoms with van der Waals surface area (Å²) in [7, 11) is 0. The highest BCUT2D eigenvalue weighted by Gasteiger charge is 2.31. The predicted molar refractivity (Wildman–Crippen MR) is 65.6 cm³/mol. The zero-order valence-corrected chi connectivity index (χ0v) is 10.6. The van der Waals surface area contributed by atoms with E-state index in [9.17, 15) is 17.6 Å². The molecule has 0 radical (unpaired) electrons. The maximum Gasteiger partial charge on any atom is 0.416 e. The predicted octanol–water partition coefficient (Wildman–Crippen LogP) is 4.47. The first-order valence-corrected chi connectivity index (χ1v) is 6.33. The van der Waals surface area contributed by atoms with Crippen molar-refractivity contribution in [1.29, 1.82) is 0 Å². The molecule has 0 fully saturated rings. The Morgan fingerprint density at radius 1 is 1.32 bits per heavy atom. The van der Waals surface area contributed by atoms with Gasteiger partial charge in [0, 0.05) is 5.38 Å². The van der Waals surface area contributed by atoms with Crippen molar-refractivity contribution in [2.24, 2.45) is 0 Å². The minimum Gasteiger partial charge on any atom is -0.375 e. The molecule has 0 aliphatic rings. The van der Waals surface area contributed by atoms with E-state index >= 15 is 0 Å². The number of nitrogens with one attached hydrogen (secondary N) is 1. The van der Waals surface area contributed by atoms with Crippen LogP contribution >= 0.6 is 11.3 Å². The smallest absolute Gasteiger partial charge is 0.375 e. The van der Waals surface area contributed by atoms with E-state index < -0.39 is 17.6 Å². The number of benzene rings is 1. The van der Waals surface area contributed by atoms with Crippen molar-refractivity contribution in [1.82, 2.24) is 4.98 Å². The minimum atomic E-state index is -4.49. The van der Waals surface area contributed by atoms with Gasteiger partial charge >= 0.3 is 6.18 Å². The molecule has 0 aliphatic carbocycles. The highest BCUT2D eigenvalue weighted by Crippen LogP contribution is 2.32. The molecule has 0 saturated carbocycles. The van der Waals surface area contributed by atoms with E-state index in [0.717, 1.165) is 12.1 Å². The summed E-state index contributed by atoms with van der Waals surface area (Å²) < 4.78 is 51.2. The van der Waals surface area contributed by atoms with E-state index in [-0.39, 0.29) is 11.7 Å².